The zero-order valence-electron chi connectivity index (χ0n) is 15.7. The topological polar surface area (TPSA) is 61.8 Å². The first-order valence-corrected chi connectivity index (χ1v) is 9.82. The van der Waals surface area contributed by atoms with Crippen molar-refractivity contribution in [1.29, 1.82) is 0 Å². The number of hydrogen-bond donors (Lipinski definition) is 2. The number of aromatic nitrogens is 1. The Bertz CT molecular complexity index is 728. The number of morpholine rings is 1. The molecule has 1 saturated heterocycles. The number of ether oxygens (including phenoxy) is 1. The van der Waals surface area contributed by atoms with Crippen molar-refractivity contribution in [2.45, 2.75) is 33.0 Å². The summed E-state index contributed by atoms with van der Waals surface area (Å²) in [6.45, 7) is 8.26. The highest BCUT2D eigenvalue weighted by Crippen LogP contribution is 2.16. The molecule has 0 radical (unpaired) electrons. The van der Waals surface area contributed by atoms with E-state index in [1.165, 1.54) is 10.4 Å². The van der Waals surface area contributed by atoms with Gasteiger partial charge in [0.05, 0.1) is 19.3 Å². The van der Waals surface area contributed by atoms with Crippen molar-refractivity contribution in [3.8, 4) is 0 Å². The van der Waals surface area contributed by atoms with Crippen molar-refractivity contribution < 1.29 is 4.74 Å². The number of anilines is 1. The second-order valence-corrected chi connectivity index (χ2v) is 7.46. The molecular formula is C19H27N5OS. The normalized spacial score (nSPS) is 18.0. The maximum Gasteiger partial charge on any atom is 0.191 e. The maximum absolute atomic E-state index is 5.59. The first-order valence-electron chi connectivity index (χ1n) is 8.94. The SMILES string of the molecule is CN=C(NCc1ccc(N2CCOC(C)C2)nc1)NCc1sccc1C. The second kappa shape index (κ2) is 9.00. The molecule has 0 spiro atoms. The average Bonchev–Trinajstić information content (AvgIpc) is 3.07. The van der Waals surface area contributed by atoms with Gasteiger partial charge in [-0.25, -0.2) is 4.98 Å². The molecule has 2 aromatic rings. The van der Waals surface area contributed by atoms with Gasteiger partial charge in [0.15, 0.2) is 5.96 Å². The molecule has 3 rings (SSSR count). The quantitative estimate of drug-likeness (QED) is 0.623. The van der Waals surface area contributed by atoms with Gasteiger partial charge in [-0.15, -0.1) is 11.3 Å². The fourth-order valence-corrected chi connectivity index (χ4v) is 3.74. The monoisotopic (exact) mass is 373 g/mol. The highest BCUT2D eigenvalue weighted by molar-refractivity contribution is 7.10. The molecule has 1 aliphatic rings. The largest absolute Gasteiger partial charge is 0.375 e. The summed E-state index contributed by atoms with van der Waals surface area (Å²) in [4.78, 5) is 12.5. The van der Waals surface area contributed by atoms with Crippen LogP contribution in [0.3, 0.4) is 0 Å². The summed E-state index contributed by atoms with van der Waals surface area (Å²) in [6.07, 6.45) is 2.19. The smallest absolute Gasteiger partial charge is 0.191 e. The van der Waals surface area contributed by atoms with Crippen LogP contribution in [0.2, 0.25) is 0 Å². The van der Waals surface area contributed by atoms with Crippen LogP contribution in [-0.2, 0) is 17.8 Å². The fraction of sp³-hybridized carbons (Fsp3) is 0.474. The van der Waals surface area contributed by atoms with E-state index in [-0.39, 0.29) is 6.10 Å². The van der Waals surface area contributed by atoms with Crippen LogP contribution >= 0.6 is 11.3 Å². The summed E-state index contributed by atoms with van der Waals surface area (Å²) < 4.78 is 5.59. The Labute approximate surface area is 159 Å². The van der Waals surface area contributed by atoms with Crippen LogP contribution in [0.4, 0.5) is 5.82 Å². The van der Waals surface area contributed by atoms with Crippen molar-refractivity contribution >= 4 is 23.1 Å². The van der Waals surface area contributed by atoms with E-state index in [1.54, 1.807) is 18.4 Å². The number of hydrogen-bond acceptors (Lipinski definition) is 5. The molecule has 6 nitrogen and oxygen atoms in total. The number of nitrogens with one attached hydrogen (secondary N) is 2. The minimum atomic E-state index is 0.258. The number of aryl methyl sites for hydroxylation is 1. The number of guanidine groups is 1. The van der Waals surface area contributed by atoms with Crippen LogP contribution in [0.1, 0.15) is 22.9 Å². The molecule has 0 aliphatic carbocycles. The summed E-state index contributed by atoms with van der Waals surface area (Å²) in [5, 5.41) is 8.82. The third-order valence-corrected chi connectivity index (χ3v) is 5.47. The summed E-state index contributed by atoms with van der Waals surface area (Å²) in [5.74, 6) is 1.81. The third kappa shape index (κ3) is 4.95. The number of nitrogens with zero attached hydrogens (tertiary/aromatic N) is 3. The molecule has 0 bridgehead atoms. The van der Waals surface area contributed by atoms with Gasteiger partial charge in [-0.3, -0.25) is 4.99 Å². The van der Waals surface area contributed by atoms with Crippen molar-refractivity contribution in [2.24, 2.45) is 4.99 Å². The Hall–Kier alpha value is -2.12. The molecule has 1 unspecified atom stereocenters. The van der Waals surface area contributed by atoms with Crippen LogP contribution in [0.5, 0.6) is 0 Å². The lowest BCUT2D eigenvalue weighted by Crippen LogP contribution is -2.41. The molecule has 1 fully saturated rings. The highest BCUT2D eigenvalue weighted by atomic mass is 32.1. The molecule has 7 heteroatoms. The molecule has 0 amide bonds. The van der Waals surface area contributed by atoms with Crippen molar-refractivity contribution in [2.75, 3.05) is 31.6 Å². The maximum atomic E-state index is 5.59. The number of pyridine rings is 1. The number of aliphatic imine (C=N–C) groups is 1. The number of thiophene rings is 1. The van der Waals surface area contributed by atoms with Crippen LogP contribution < -0.4 is 15.5 Å². The lowest BCUT2D eigenvalue weighted by atomic mass is 10.2. The molecule has 2 aromatic heterocycles. The van der Waals surface area contributed by atoms with Crippen LogP contribution in [-0.4, -0.2) is 43.8 Å². The Balaban J connectivity index is 1.49. The van der Waals surface area contributed by atoms with Gasteiger partial charge in [-0.2, -0.15) is 0 Å². The summed E-state index contributed by atoms with van der Waals surface area (Å²) in [6, 6.07) is 6.34. The minimum Gasteiger partial charge on any atom is -0.375 e. The molecule has 140 valence electrons. The second-order valence-electron chi connectivity index (χ2n) is 6.46. The summed E-state index contributed by atoms with van der Waals surface area (Å²) in [7, 11) is 1.79. The number of rotatable bonds is 5. The van der Waals surface area contributed by atoms with E-state index in [4.69, 9.17) is 4.74 Å². The lowest BCUT2D eigenvalue weighted by molar-refractivity contribution is 0.0529. The van der Waals surface area contributed by atoms with Gasteiger partial charge in [0.25, 0.3) is 0 Å². The van der Waals surface area contributed by atoms with E-state index in [0.717, 1.165) is 43.6 Å². The van der Waals surface area contributed by atoms with Gasteiger partial charge in [0.2, 0.25) is 0 Å². The van der Waals surface area contributed by atoms with Crippen molar-refractivity contribution in [3.05, 3.63) is 45.8 Å². The Kier molecular flexibility index (Phi) is 6.46. The molecule has 2 N–H and O–H groups in total. The zero-order chi connectivity index (χ0) is 18.4. The predicted molar refractivity (Wildman–Crippen MR) is 108 cm³/mol. The highest BCUT2D eigenvalue weighted by Gasteiger charge is 2.17. The molecule has 0 saturated carbocycles. The van der Waals surface area contributed by atoms with Gasteiger partial charge in [0, 0.05) is 37.8 Å². The van der Waals surface area contributed by atoms with Crippen LogP contribution in [0.15, 0.2) is 34.8 Å². The van der Waals surface area contributed by atoms with E-state index >= 15 is 0 Å². The molecule has 1 atom stereocenters. The van der Waals surface area contributed by atoms with E-state index in [2.05, 4.69) is 62.9 Å². The van der Waals surface area contributed by atoms with Crippen molar-refractivity contribution in [3.63, 3.8) is 0 Å². The van der Waals surface area contributed by atoms with E-state index < -0.39 is 0 Å². The van der Waals surface area contributed by atoms with Crippen molar-refractivity contribution in [1.82, 2.24) is 15.6 Å². The van der Waals surface area contributed by atoms with Gasteiger partial charge in [-0.05, 0) is 42.5 Å². The zero-order valence-corrected chi connectivity index (χ0v) is 16.5. The molecule has 0 aromatic carbocycles. The molecule has 26 heavy (non-hydrogen) atoms. The van der Waals surface area contributed by atoms with Gasteiger partial charge in [-0.1, -0.05) is 6.07 Å². The van der Waals surface area contributed by atoms with Crippen LogP contribution in [0.25, 0.3) is 0 Å². The Morgan fingerprint density at radius 2 is 2.19 bits per heavy atom. The molecular weight excluding hydrogens is 346 g/mol. The van der Waals surface area contributed by atoms with Gasteiger partial charge >= 0.3 is 0 Å². The molecule has 1 aliphatic heterocycles. The summed E-state index contributed by atoms with van der Waals surface area (Å²) >= 11 is 1.76. The third-order valence-electron chi connectivity index (χ3n) is 4.44. The van der Waals surface area contributed by atoms with E-state index in [1.807, 2.05) is 6.20 Å². The fourth-order valence-electron chi connectivity index (χ4n) is 2.89. The molecule has 3 heterocycles. The van der Waals surface area contributed by atoms with Gasteiger partial charge in [0.1, 0.15) is 5.82 Å². The van der Waals surface area contributed by atoms with Gasteiger partial charge < -0.3 is 20.3 Å². The lowest BCUT2D eigenvalue weighted by Gasteiger charge is -2.32. The van der Waals surface area contributed by atoms with E-state index in [9.17, 15) is 0 Å². The first-order chi connectivity index (χ1) is 12.7. The van der Waals surface area contributed by atoms with Crippen LogP contribution in [0, 0.1) is 6.92 Å². The minimum absolute atomic E-state index is 0.258. The first kappa shape index (κ1) is 18.7. The summed E-state index contributed by atoms with van der Waals surface area (Å²) in [5.41, 5.74) is 2.44. The Morgan fingerprint density at radius 1 is 1.35 bits per heavy atom. The predicted octanol–water partition coefficient (Wildman–Crippen LogP) is 2.54. The Morgan fingerprint density at radius 3 is 2.85 bits per heavy atom. The standard InChI is InChI=1S/C19H27N5OS/c1-14-6-9-26-17(14)12-23-19(20-3)22-11-16-4-5-18(21-10-16)24-7-8-25-15(2)13-24/h4-6,9-10,15H,7-8,11-13H2,1-3H3,(H2,20,22,23). The van der Waals surface area contributed by atoms with E-state index in [0.29, 0.717) is 6.54 Å². The average molecular weight is 374 g/mol.